The van der Waals surface area contributed by atoms with Crippen LogP contribution in [-0.4, -0.2) is 41.6 Å². The van der Waals surface area contributed by atoms with Gasteiger partial charge >= 0.3 is 0 Å². The number of rotatable bonds is 2. The third-order valence-corrected chi connectivity index (χ3v) is 2.51. The zero-order valence-electron chi connectivity index (χ0n) is 9.10. The molecular formula is C10H13N5O2. The molecule has 0 radical (unpaired) electrons. The van der Waals surface area contributed by atoms with Gasteiger partial charge in [-0.2, -0.15) is 0 Å². The van der Waals surface area contributed by atoms with Crippen LogP contribution < -0.4 is 15.7 Å². The van der Waals surface area contributed by atoms with E-state index in [2.05, 4.69) is 10.3 Å². The highest BCUT2D eigenvalue weighted by molar-refractivity contribution is 5.95. The molecule has 1 aromatic rings. The minimum Gasteiger partial charge on any atom is -0.353 e. The standard InChI is InChI=1S/C10H13N5O2/c11-10(14-17)7-1-2-8(13-5-7)15-4-3-12-9(16)6-15/h1-2,5,17H,3-4,6H2,(H2,11,14)(H,12,16). The van der Waals surface area contributed by atoms with Crippen molar-refractivity contribution in [3.8, 4) is 0 Å². The number of carbonyl (C=O) groups excluding carboxylic acids is 1. The molecule has 0 aliphatic carbocycles. The summed E-state index contributed by atoms with van der Waals surface area (Å²) in [5.74, 6) is 0.557. The quantitative estimate of drug-likeness (QED) is 0.309. The van der Waals surface area contributed by atoms with Crippen molar-refractivity contribution in [1.29, 1.82) is 5.41 Å². The lowest BCUT2D eigenvalue weighted by molar-refractivity contribution is -0.120. The molecule has 4 N–H and O–H groups in total. The molecule has 0 aromatic carbocycles. The molecular weight excluding hydrogens is 222 g/mol. The Bertz CT molecular complexity index is 431. The number of nitrogens with one attached hydrogen (secondary N) is 3. The van der Waals surface area contributed by atoms with Crippen molar-refractivity contribution in [1.82, 2.24) is 15.8 Å². The summed E-state index contributed by atoms with van der Waals surface area (Å²) in [6, 6.07) is 3.39. The van der Waals surface area contributed by atoms with E-state index in [-0.39, 0.29) is 11.7 Å². The average Bonchev–Trinajstić information content (AvgIpc) is 2.38. The van der Waals surface area contributed by atoms with Crippen molar-refractivity contribution in [3.05, 3.63) is 23.9 Å². The maximum absolute atomic E-state index is 11.2. The fourth-order valence-electron chi connectivity index (χ4n) is 1.62. The first kappa shape index (κ1) is 11.3. The number of aromatic nitrogens is 1. The third kappa shape index (κ3) is 2.51. The van der Waals surface area contributed by atoms with Gasteiger partial charge in [-0.05, 0) is 12.1 Å². The molecule has 0 unspecified atom stereocenters. The summed E-state index contributed by atoms with van der Waals surface area (Å²) in [6.45, 7) is 1.62. The third-order valence-electron chi connectivity index (χ3n) is 2.51. The Balaban J connectivity index is 2.12. The SMILES string of the molecule is N=C(NO)c1ccc(N2CCNC(=O)C2)nc1. The molecule has 1 saturated heterocycles. The van der Waals surface area contributed by atoms with Crippen LogP contribution in [0, 0.1) is 5.41 Å². The van der Waals surface area contributed by atoms with E-state index < -0.39 is 0 Å². The van der Waals surface area contributed by atoms with E-state index >= 15 is 0 Å². The van der Waals surface area contributed by atoms with Crippen molar-refractivity contribution in [2.45, 2.75) is 0 Å². The largest absolute Gasteiger partial charge is 0.353 e. The van der Waals surface area contributed by atoms with E-state index in [0.29, 0.717) is 31.0 Å². The fraction of sp³-hybridized carbons (Fsp3) is 0.300. The number of hydrogen-bond donors (Lipinski definition) is 4. The second-order valence-corrected chi connectivity index (χ2v) is 3.66. The highest BCUT2D eigenvalue weighted by Gasteiger charge is 2.17. The minimum atomic E-state index is -0.111. The first-order valence-corrected chi connectivity index (χ1v) is 5.17. The van der Waals surface area contributed by atoms with Crippen LogP contribution in [-0.2, 0) is 4.79 Å². The van der Waals surface area contributed by atoms with Crippen molar-refractivity contribution in [3.63, 3.8) is 0 Å². The Hall–Kier alpha value is -2.15. The zero-order valence-corrected chi connectivity index (χ0v) is 9.10. The molecule has 0 spiro atoms. The number of pyridine rings is 1. The van der Waals surface area contributed by atoms with E-state index in [0.717, 1.165) is 0 Å². The van der Waals surface area contributed by atoms with E-state index in [9.17, 15) is 4.79 Å². The van der Waals surface area contributed by atoms with Crippen LogP contribution in [0.1, 0.15) is 5.56 Å². The molecule has 7 nitrogen and oxygen atoms in total. The Morgan fingerprint density at radius 2 is 2.41 bits per heavy atom. The average molecular weight is 235 g/mol. The summed E-state index contributed by atoms with van der Waals surface area (Å²) in [7, 11) is 0. The van der Waals surface area contributed by atoms with Crippen molar-refractivity contribution < 1.29 is 10.0 Å². The van der Waals surface area contributed by atoms with Gasteiger partial charge in [-0.3, -0.25) is 20.9 Å². The summed E-state index contributed by atoms with van der Waals surface area (Å²) in [4.78, 5) is 17.2. The van der Waals surface area contributed by atoms with E-state index in [1.54, 1.807) is 17.6 Å². The first-order valence-electron chi connectivity index (χ1n) is 5.17. The summed E-state index contributed by atoms with van der Waals surface area (Å²) in [6.07, 6.45) is 1.48. The highest BCUT2D eigenvalue weighted by Crippen LogP contribution is 2.12. The topological polar surface area (TPSA) is 101 Å². The molecule has 1 fully saturated rings. The lowest BCUT2D eigenvalue weighted by atomic mass is 10.2. The van der Waals surface area contributed by atoms with E-state index in [1.165, 1.54) is 6.20 Å². The van der Waals surface area contributed by atoms with Crippen molar-refractivity contribution in [2.75, 3.05) is 24.5 Å². The minimum absolute atomic E-state index is 0.0214. The Morgan fingerprint density at radius 1 is 1.59 bits per heavy atom. The predicted octanol–water partition coefficient (Wildman–Crippen LogP) is -0.678. The number of amidine groups is 1. The molecule has 2 heterocycles. The lowest BCUT2D eigenvalue weighted by Gasteiger charge is -2.27. The van der Waals surface area contributed by atoms with Gasteiger partial charge in [-0.1, -0.05) is 0 Å². The fourth-order valence-corrected chi connectivity index (χ4v) is 1.62. The zero-order chi connectivity index (χ0) is 12.3. The smallest absolute Gasteiger partial charge is 0.239 e. The van der Waals surface area contributed by atoms with Gasteiger partial charge in [0.15, 0.2) is 5.84 Å². The molecule has 90 valence electrons. The Labute approximate surface area is 97.9 Å². The monoisotopic (exact) mass is 235 g/mol. The predicted molar refractivity (Wildman–Crippen MR) is 61.2 cm³/mol. The van der Waals surface area contributed by atoms with Crippen LogP contribution in [0.5, 0.6) is 0 Å². The summed E-state index contributed by atoms with van der Waals surface area (Å²) in [5.41, 5.74) is 2.24. The number of hydroxylamine groups is 1. The molecule has 0 bridgehead atoms. The molecule has 1 aliphatic heterocycles. The van der Waals surface area contributed by atoms with Gasteiger partial charge in [0.2, 0.25) is 5.91 Å². The molecule has 0 saturated carbocycles. The highest BCUT2D eigenvalue weighted by atomic mass is 16.5. The van der Waals surface area contributed by atoms with Crippen molar-refractivity contribution >= 4 is 17.6 Å². The summed E-state index contributed by atoms with van der Waals surface area (Å²) < 4.78 is 0. The van der Waals surface area contributed by atoms with Gasteiger partial charge < -0.3 is 10.2 Å². The second-order valence-electron chi connectivity index (χ2n) is 3.66. The molecule has 1 aromatic heterocycles. The number of amides is 1. The van der Waals surface area contributed by atoms with Gasteiger partial charge in [-0.15, -0.1) is 0 Å². The maximum atomic E-state index is 11.2. The molecule has 0 atom stereocenters. The van der Waals surface area contributed by atoms with E-state index in [1.807, 2.05) is 4.90 Å². The second kappa shape index (κ2) is 4.79. The molecule has 2 rings (SSSR count). The van der Waals surface area contributed by atoms with Gasteiger partial charge in [0.1, 0.15) is 5.82 Å². The molecule has 17 heavy (non-hydrogen) atoms. The maximum Gasteiger partial charge on any atom is 0.239 e. The van der Waals surface area contributed by atoms with Crippen LogP contribution in [0.25, 0.3) is 0 Å². The molecule has 1 aliphatic rings. The molecule has 1 amide bonds. The number of carbonyl (C=O) groups is 1. The number of anilines is 1. The normalized spacial score (nSPS) is 15.4. The van der Waals surface area contributed by atoms with Gasteiger partial charge in [0.05, 0.1) is 6.54 Å². The van der Waals surface area contributed by atoms with Crippen molar-refractivity contribution in [2.24, 2.45) is 0 Å². The van der Waals surface area contributed by atoms with Crippen LogP contribution in [0.15, 0.2) is 18.3 Å². The van der Waals surface area contributed by atoms with Gasteiger partial charge in [0.25, 0.3) is 0 Å². The first-order chi connectivity index (χ1) is 8.20. The number of piperazine rings is 1. The Kier molecular flexibility index (Phi) is 3.20. The summed E-state index contributed by atoms with van der Waals surface area (Å²) in [5, 5.41) is 18.7. The van der Waals surface area contributed by atoms with Gasteiger partial charge in [0, 0.05) is 24.8 Å². The van der Waals surface area contributed by atoms with Crippen LogP contribution in [0.3, 0.4) is 0 Å². The molecule has 7 heteroatoms. The number of nitrogens with zero attached hydrogens (tertiary/aromatic N) is 2. The lowest BCUT2D eigenvalue weighted by Crippen LogP contribution is -2.48. The summed E-state index contributed by atoms with van der Waals surface area (Å²) >= 11 is 0. The number of hydrogen-bond acceptors (Lipinski definition) is 5. The van der Waals surface area contributed by atoms with Crippen LogP contribution >= 0.6 is 0 Å². The van der Waals surface area contributed by atoms with E-state index in [4.69, 9.17) is 10.6 Å². The Morgan fingerprint density at radius 3 is 3.00 bits per heavy atom. The van der Waals surface area contributed by atoms with Crippen LogP contribution in [0.2, 0.25) is 0 Å². The van der Waals surface area contributed by atoms with Crippen LogP contribution in [0.4, 0.5) is 5.82 Å². The van der Waals surface area contributed by atoms with Gasteiger partial charge in [-0.25, -0.2) is 4.98 Å².